The molecule has 154 valence electrons. The Kier molecular flexibility index (Phi) is 6.42. The maximum atomic E-state index is 12.7. The second kappa shape index (κ2) is 8.59. The third kappa shape index (κ3) is 5.67. The predicted octanol–water partition coefficient (Wildman–Crippen LogP) is 3.48. The lowest BCUT2D eigenvalue weighted by atomic mass is 10.1. The fourth-order valence-electron chi connectivity index (χ4n) is 2.36. The average molecular weight is 411 g/mol. The molecule has 0 heterocycles. The molecule has 0 saturated heterocycles. The number of ether oxygens (including phenoxy) is 1. The Morgan fingerprint density at radius 1 is 1.17 bits per heavy atom. The van der Waals surface area contributed by atoms with Gasteiger partial charge in [-0.15, -0.1) is 0 Å². The van der Waals surface area contributed by atoms with E-state index in [4.69, 9.17) is 4.74 Å². The summed E-state index contributed by atoms with van der Waals surface area (Å²) in [4.78, 5) is 35.9. The van der Waals surface area contributed by atoms with Crippen LogP contribution in [0.2, 0.25) is 0 Å². The van der Waals surface area contributed by atoms with Crippen LogP contribution in [-0.2, 0) is 15.7 Å². The Morgan fingerprint density at radius 3 is 2.45 bits per heavy atom. The van der Waals surface area contributed by atoms with Gasteiger partial charge in [0.25, 0.3) is 11.6 Å². The first-order valence-corrected chi connectivity index (χ1v) is 8.09. The van der Waals surface area contributed by atoms with Crippen LogP contribution in [0.1, 0.15) is 15.9 Å². The van der Waals surface area contributed by atoms with E-state index in [-0.39, 0.29) is 22.6 Å². The number of hydrogen-bond acceptors (Lipinski definition) is 6. The molecular formula is C18H16F3N3O5. The molecule has 0 atom stereocenters. The summed E-state index contributed by atoms with van der Waals surface area (Å²) in [5, 5.41) is 13.3. The molecule has 2 rings (SSSR count). The smallest absolute Gasteiger partial charge is 0.416 e. The Bertz CT molecular complexity index is 945. The quantitative estimate of drug-likeness (QED) is 0.444. The summed E-state index contributed by atoms with van der Waals surface area (Å²) in [5.41, 5.74) is -1.26. The van der Waals surface area contributed by atoms with Crippen LogP contribution in [0, 0.1) is 10.1 Å². The van der Waals surface area contributed by atoms with Gasteiger partial charge in [-0.3, -0.25) is 14.9 Å². The highest BCUT2D eigenvalue weighted by molar-refractivity contribution is 5.96. The van der Waals surface area contributed by atoms with E-state index in [1.807, 2.05) is 0 Å². The minimum absolute atomic E-state index is 0.119. The molecule has 0 unspecified atom stereocenters. The number of halogens is 3. The second-order valence-corrected chi connectivity index (χ2v) is 6.06. The molecule has 2 aromatic carbocycles. The Labute approximate surface area is 163 Å². The molecule has 0 aromatic heterocycles. The lowest BCUT2D eigenvalue weighted by Crippen LogP contribution is -2.21. The molecule has 0 aliphatic rings. The van der Waals surface area contributed by atoms with Gasteiger partial charge >= 0.3 is 12.1 Å². The number of nitrogens with one attached hydrogen (secondary N) is 1. The molecule has 0 aliphatic heterocycles. The van der Waals surface area contributed by atoms with E-state index < -0.39 is 35.1 Å². The van der Waals surface area contributed by atoms with E-state index in [1.165, 1.54) is 23.1 Å². The zero-order valence-electron chi connectivity index (χ0n) is 15.3. The van der Waals surface area contributed by atoms with Gasteiger partial charge in [0.05, 0.1) is 16.1 Å². The number of rotatable bonds is 6. The predicted molar refractivity (Wildman–Crippen MR) is 97.8 cm³/mol. The summed E-state index contributed by atoms with van der Waals surface area (Å²) in [7, 11) is 3.19. The number of alkyl halides is 3. The molecular weight excluding hydrogens is 395 g/mol. The van der Waals surface area contributed by atoms with Crippen molar-refractivity contribution in [2.24, 2.45) is 0 Å². The maximum Gasteiger partial charge on any atom is 0.416 e. The monoisotopic (exact) mass is 411 g/mol. The molecule has 11 heteroatoms. The molecule has 0 bridgehead atoms. The number of nitro groups is 1. The van der Waals surface area contributed by atoms with E-state index in [2.05, 4.69) is 5.32 Å². The molecule has 0 radical (unpaired) electrons. The first-order valence-electron chi connectivity index (χ1n) is 8.09. The van der Waals surface area contributed by atoms with Crippen molar-refractivity contribution in [1.29, 1.82) is 0 Å². The van der Waals surface area contributed by atoms with Gasteiger partial charge < -0.3 is 15.0 Å². The summed E-state index contributed by atoms with van der Waals surface area (Å²) in [6.45, 7) is -0.779. The van der Waals surface area contributed by atoms with Crippen LogP contribution in [0.25, 0.3) is 0 Å². The van der Waals surface area contributed by atoms with Crippen molar-refractivity contribution in [1.82, 2.24) is 0 Å². The second-order valence-electron chi connectivity index (χ2n) is 6.06. The Balaban J connectivity index is 2.03. The summed E-state index contributed by atoms with van der Waals surface area (Å²) < 4.78 is 42.8. The highest BCUT2D eigenvalue weighted by Crippen LogP contribution is 2.31. The number of anilines is 2. The molecule has 0 fully saturated rings. The molecule has 29 heavy (non-hydrogen) atoms. The third-order valence-corrected chi connectivity index (χ3v) is 3.70. The first kappa shape index (κ1) is 21.7. The normalized spacial score (nSPS) is 10.9. The van der Waals surface area contributed by atoms with Crippen molar-refractivity contribution >= 4 is 28.9 Å². The third-order valence-electron chi connectivity index (χ3n) is 3.70. The summed E-state index contributed by atoms with van der Waals surface area (Å²) in [6, 6.07) is 7.63. The van der Waals surface area contributed by atoms with Crippen LogP contribution >= 0.6 is 0 Å². The fourth-order valence-corrected chi connectivity index (χ4v) is 2.36. The van der Waals surface area contributed by atoms with Gasteiger partial charge in [0.2, 0.25) is 0 Å². The minimum Gasteiger partial charge on any atom is -0.452 e. The van der Waals surface area contributed by atoms with Crippen LogP contribution in [0.3, 0.4) is 0 Å². The number of carbonyl (C=O) groups is 2. The van der Waals surface area contributed by atoms with Gasteiger partial charge in [-0.1, -0.05) is 6.07 Å². The molecule has 0 aliphatic carbocycles. The summed E-state index contributed by atoms with van der Waals surface area (Å²) >= 11 is 0. The first-order chi connectivity index (χ1) is 13.5. The zero-order valence-corrected chi connectivity index (χ0v) is 15.3. The van der Waals surface area contributed by atoms with Crippen molar-refractivity contribution in [2.75, 3.05) is 30.9 Å². The number of nitrogens with zero attached hydrogens (tertiary/aromatic N) is 2. The molecule has 0 saturated carbocycles. The maximum absolute atomic E-state index is 12.7. The van der Waals surface area contributed by atoms with Gasteiger partial charge in [0.15, 0.2) is 6.61 Å². The van der Waals surface area contributed by atoms with Crippen LogP contribution in [0.15, 0.2) is 42.5 Å². The van der Waals surface area contributed by atoms with E-state index >= 15 is 0 Å². The van der Waals surface area contributed by atoms with Gasteiger partial charge in [-0.05, 0) is 30.3 Å². The number of amides is 1. The van der Waals surface area contributed by atoms with Crippen molar-refractivity contribution in [3.63, 3.8) is 0 Å². The van der Waals surface area contributed by atoms with E-state index in [1.54, 1.807) is 14.1 Å². The van der Waals surface area contributed by atoms with Crippen LogP contribution in [0.5, 0.6) is 0 Å². The number of carbonyl (C=O) groups excluding carboxylic acids is 2. The van der Waals surface area contributed by atoms with Gasteiger partial charge in [0.1, 0.15) is 5.69 Å². The minimum atomic E-state index is -4.57. The van der Waals surface area contributed by atoms with Crippen LogP contribution < -0.4 is 10.2 Å². The van der Waals surface area contributed by atoms with Crippen LogP contribution in [0.4, 0.5) is 30.2 Å². The lowest BCUT2D eigenvalue weighted by Gasteiger charge is -2.13. The van der Waals surface area contributed by atoms with E-state index in [9.17, 15) is 32.9 Å². The molecule has 8 nitrogen and oxygen atoms in total. The molecule has 0 spiro atoms. The summed E-state index contributed by atoms with van der Waals surface area (Å²) in [5.74, 6) is -1.85. The fraction of sp³-hybridized carbons (Fsp3) is 0.222. The SMILES string of the molecule is CN(C)c1ccc(C(=O)OCC(=O)Nc2cccc(C(F)(F)F)c2)cc1[N+](=O)[O-]. The van der Waals surface area contributed by atoms with Crippen molar-refractivity contribution in [2.45, 2.75) is 6.18 Å². The molecule has 1 N–H and O–H groups in total. The highest BCUT2D eigenvalue weighted by Gasteiger charge is 2.30. The van der Waals surface area contributed by atoms with Crippen molar-refractivity contribution in [3.8, 4) is 0 Å². The number of esters is 1. The van der Waals surface area contributed by atoms with E-state index in [0.717, 1.165) is 24.3 Å². The number of nitro benzene ring substituents is 1. The van der Waals surface area contributed by atoms with Crippen molar-refractivity contribution < 1.29 is 32.4 Å². The Morgan fingerprint density at radius 2 is 1.86 bits per heavy atom. The number of benzene rings is 2. The lowest BCUT2D eigenvalue weighted by molar-refractivity contribution is -0.384. The van der Waals surface area contributed by atoms with Gasteiger partial charge in [-0.25, -0.2) is 4.79 Å². The standard InChI is InChI=1S/C18H16F3N3O5/c1-23(2)14-7-6-11(8-15(14)24(27)28)17(26)29-10-16(25)22-13-5-3-4-12(9-13)18(19,20)21/h3-9H,10H2,1-2H3,(H,22,25). The summed E-state index contributed by atoms with van der Waals surface area (Å²) in [6.07, 6.45) is -4.57. The Hall–Kier alpha value is -3.63. The largest absolute Gasteiger partial charge is 0.452 e. The zero-order chi connectivity index (χ0) is 21.8. The van der Waals surface area contributed by atoms with Gasteiger partial charge in [0, 0.05) is 25.8 Å². The van der Waals surface area contributed by atoms with Crippen molar-refractivity contribution in [3.05, 3.63) is 63.7 Å². The highest BCUT2D eigenvalue weighted by atomic mass is 19.4. The number of hydrogen-bond donors (Lipinski definition) is 1. The van der Waals surface area contributed by atoms with Gasteiger partial charge in [-0.2, -0.15) is 13.2 Å². The van der Waals surface area contributed by atoms with E-state index in [0.29, 0.717) is 0 Å². The van der Waals surface area contributed by atoms with Crippen LogP contribution in [-0.4, -0.2) is 37.5 Å². The molecule has 2 aromatic rings. The topological polar surface area (TPSA) is 102 Å². The molecule has 1 amide bonds. The average Bonchev–Trinajstić information content (AvgIpc) is 2.65.